The lowest BCUT2D eigenvalue weighted by Gasteiger charge is -2.24. The molecule has 1 aliphatic heterocycles. The molecule has 2 aromatic rings. The summed E-state index contributed by atoms with van der Waals surface area (Å²) in [5, 5.41) is 5.26. The summed E-state index contributed by atoms with van der Waals surface area (Å²) in [5.41, 5.74) is 0.865. The van der Waals surface area contributed by atoms with Crippen molar-refractivity contribution in [1.82, 2.24) is 4.90 Å². The number of anilines is 1. The lowest BCUT2D eigenvalue weighted by atomic mass is 10.1. The van der Waals surface area contributed by atoms with E-state index in [0.717, 1.165) is 42.6 Å². The van der Waals surface area contributed by atoms with Crippen molar-refractivity contribution in [2.24, 2.45) is 5.92 Å². The van der Waals surface area contributed by atoms with Gasteiger partial charge in [0.2, 0.25) is 0 Å². The Morgan fingerprint density at radius 3 is 2.86 bits per heavy atom. The number of benzene rings is 2. The second-order valence-electron chi connectivity index (χ2n) is 5.73. The fourth-order valence-electron chi connectivity index (χ4n) is 2.92. The summed E-state index contributed by atoms with van der Waals surface area (Å²) >= 11 is 0. The maximum absolute atomic E-state index is 12.5. The summed E-state index contributed by atoms with van der Waals surface area (Å²) in [6.07, 6.45) is 1.04. The normalized spacial score (nSPS) is 17.6. The molecule has 4 heteroatoms. The number of urea groups is 1. The monoisotopic (exact) mass is 298 g/mol. The van der Waals surface area contributed by atoms with Gasteiger partial charge in [-0.25, -0.2) is 4.79 Å². The highest BCUT2D eigenvalue weighted by Gasteiger charge is 2.21. The van der Waals surface area contributed by atoms with E-state index in [1.807, 2.05) is 42.2 Å². The Kier molecular flexibility index (Phi) is 4.59. The molecule has 4 nitrogen and oxygen atoms in total. The quantitative estimate of drug-likeness (QED) is 0.934. The van der Waals surface area contributed by atoms with Gasteiger partial charge in [-0.2, -0.15) is 0 Å². The zero-order chi connectivity index (χ0) is 15.4. The average molecular weight is 298 g/mol. The summed E-state index contributed by atoms with van der Waals surface area (Å²) in [5.74, 6) is 0.457. The molecule has 1 aliphatic rings. The number of fused-ring (bicyclic) bond motifs is 1. The number of carbonyl (C=O) groups excluding carboxylic acids is 1. The summed E-state index contributed by atoms with van der Waals surface area (Å²) in [6.45, 7) is 5.05. The molecule has 0 bridgehead atoms. The minimum Gasteiger partial charge on any atom is -0.381 e. The van der Waals surface area contributed by atoms with Crippen molar-refractivity contribution >= 4 is 22.5 Å². The SMILES string of the molecule is CCN(CC1CCOC1)C(=O)Nc1cccc2ccccc12. The molecule has 116 valence electrons. The Bertz CT molecular complexity index is 645. The van der Waals surface area contributed by atoms with Gasteiger partial charge in [0.15, 0.2) is 0 Å². The van der Waals surface area contributed by atoms with E-state index in [1.165, 1.54) is 0 Å². The highest BCUT2D eigenvalue weighted by Crippen LogP contribution is 2.23. The van der Waals surface area contributed by atoms with E-state index in [9.17, 15) is 4.79 Å². The van der Waals surface area contributed by atoms with Gasteiger partial charge in [0.05, 0.1) is 12.3 Å². The zero-order valence-corrected chi connectivity index (χ0v) is 12.9. The molecule has 3 rings (SSSR count). The summed E-state index contributed by atoms with van der Waals surface area (Å²) < 4.78 is 5.40. The van der Waals surface area contributed by atoms with Gasteiger partial charge in [-0.05, 0) is 24.8 Å². The van der Waals surface area contributed by atoms with Crippen molar-refractivity contribution in [3.05, 3.63) is 42.5 Å². The largest absolute Gasteiger partial charge is 0.381 e. The molecular weight excluding hydrogens is 276 g/mol. The minimum atomic E-state index is -0.0363. The summed E-state index contributed by atoms with van der Waals surface area (Å²) in [6, 6.07) is 14.0. The number of nitrogens with zero attached hydrogens (tertiary/aromatic N) is 1. The van der Waals surface area contributed by atoms with Crippen molar-refractivity contribution < 1.29 is 9.53 Å². The van der Waals surface area contributed by atoms with Crippen LogP contribution in [-0.4, -0.2) is 37.2 Å². The molecule has 22 heavy (non-hydrogen) atoms. The van der Waals surface area contributed by atoms with Crippen LogP contribution in [0.25, 0.3) is 10.8 Å². The Balaban J connectivity index is 1.73. The van der Waals surface area contributed by atoms with Gasteiger partial charge in [0, 0.05) is 31.0 Å². The average Bonchev–Trinajstić information content (AvgIpc) is 3.06. The Morgan fingerprint density at radius 2 is 2.09 bits per heavy atom. The fourth-order valence-corrected chi connectivity index (χ4v) is 2.92. The van der Waals surface area contributed by atoms with Crippen LogP contribution in [0.5, 0.6) is 0 Å². The number of rotatable bonds is 4. The van der Waals surface area contributed by atoms with E-state index in [4.69, 9.17) is 4.74 Å². The van der Waals surface area contributed by atoms with Crippen molar-refractivity contribution in [1.29, 1.82) is 0 Å². The van der Waals surface area contributed by atoms with Crippen LogP contribution in [-0.2, 0) is 4.74 Å². The molecule has 2 aromatic carbocycles. The van der Waals surface area contributed by atoms with E-state index in [1.54, 1.807) is 0 Å². The molecule has 1 N–H and O–H groups in total. The number of ether oxygens (including phenoxy) is 1. The standard InChI is InChI=1S/C18H22N2O2/c1-2-20(12-14-10-11-22-13-14)18(21)19-17-9-5-7-15-6-3-4-8-16(15)17/h3-9,14H,2,10-13H2,1H3,(H,19,21). The first-order chi connectivity index (χ1) is 10.8. The highest BCUT2D eigenvalue weighted by molar-refractivity contribution is 6.01. The Labute approximate surface area is 131 Å². The molecule has 0 aromatic heterocycles. The van der Waals surface area contributed by atoms with E-state index in [2.05, 4.69) is 17.4 Å². The van der Waals surface area contributed by atoms with Crippen LogP contribution < -0.4 is 5.32 Å². The van der Waals surface area contributed by atoms with E-state index >= 15 is 0 Å². The minimum absolute atomic E-state index is 0.0363. The van der Waals surface area contributed by atoms with Crippen LogP contribution in [0.2, 0.25) is 0 Å². The number of nitrogens with one attached hydrogen (secondary N) is 1. The van der Waals surface area contributed by atoms with Gasteiger partial charge < -0.3 is 15.0 Å². The Hall–Kier alpha value is -2.07. The second-order valence-corrected chi connectivity index (χ2v) is 5.73. The third-order valence-electron chi connectivity index (χ3n) is 4.20. The predicted molar refractivity (Wildman–Crippen MR) is 89.1 cm³/mol. The molecule has 1 heterocycles. The van der Waals surface area contributed by atoms with Gasteiger partial charge in [-0.1, -0.05) is 36.4 Å². The van der Waals surface area contributed by atoms with Gasteiger partial charge >= 0.3 is 6.03 Å². The maximum atomic E-state index is 12.5. The first kappa shape index (κ1) is 14.9. The van der Waals surface area contributed by atoms with Crippen LogP contribution in [0, 0.1) is 5.92 Å². The summed E-state index contributed by atoms with van der Waals surface area (Å²) in [7, 11) is 0. The topological polar surface area (TPSA) is 41.6 Å². The number of hydrogen-bond donors (Lipinski definition) is 1. The third kappa shape index (κ3) is 3.22. The first-order valence-electron chi connectivity index (χ1n) is 7.89. The van der Waals surface area contributed by atoms with Crippen molar-refractivity contribution in [3.8, 4) is 0 Å². The molecule has 0 aliphatic carbocycles. The molecule has 2 amide bonds. The van der Waals surface area contributed by atoms with Crippen molar-refractivity contribution in [2.45, 2.75) is 13.3 Å². The number of amides is 2. The number of hydrogen-bond acceptors (Lipinski definition) is 2. The van der Waals surface area contributed by atoms with E-state index in [-0.39, 0.29) is 6.03 Å². The van der Waals surface area contributed by atoms with Gasteiger partial charge in [-0.3, -0.25) is 0 Å². The molecule has 0 spiro atoms. The molecule has 0 radical (unpaired) electrons. The van der Waals surface area contributed by atoms with Crippen LogP contribution in [0.1, 0.15) is 13.3 Å². The van der Waals surface area contributed by atoms with Crippen molar-refractivity contribution in [2.75, 3.05) is 31.6 Å². The lowest BCUT2D eigenvalue weighted by Crippen LogP contribution is -2.38. The fraction of sp³-hybridized carbons (Fsp3) is 0.389. The van der Waals surface area contributed by atoms with Gasteiger partial charge in [0.25, 0.3) is 0 Å². The van der Waals surface area contributed by atoms with Crippen LogP contribution in [0.3, 0.4) is 0 Å². The maximum Gasteiger partial charge on any atom is 0.321 e. The molecule has 1 unspecified atom stereocenters. The van der Waals surface area contributed by atoms with Crippen LogP contribution in [0.4, 0.5) is 10.5 Å². The van der Waals surface area contributed by atoms with Crippen molar-refractivity contribution in [3.63, 3.8) is 0 Å². The second kappa shape index (κ2) is 6.79. The predicted octanol–water partition coefficient (Wildman–Crippen LogP) is 3.73. The Morgan fingerprint density at radius 1 is 1.27 bits per heavy atom. The lowest BCUT2D eigenvalue weighted by molar-refractivity contribution is 0.171. The smallest absolute Gasteiger partial charge is 0.321 e. The van der Waals surface area contributed by atoms with E-state index < -0.39 is 0 Å². The van der Waals surface area contributed by atoms with Crippen LogP contribution >= 0.6 is 0 Å². The number of carbonyl (C=O) groups is 1. The molecule has 1 fully saturated rings. The van der Waals surface area contributed by atoms with Crippen LogP contribution in [0.15, 0.2) is 42.5 Å². The molecule has 1 saturated heterocycles. The molecule has 0 saturated carbocycles. The summed E-state index contributed by atoms with van der Waals surface area (Å²) in [4.78, 5) is 14.4. The molecular formula is C18H22N2O2. The highest BCUT2D eigenvalue weighted by atomic mass is 16.5. The van der Waals surface area contributed by atoms with Gasteiger partial charge in [0.1, 0.15) is 0 Å². The zero-order valence-electron chi connectivity index (χ0n) is 12.9. The van der Waals surface area contributed by atoms with E-state index in [0.29, 0.717) is 12.5 Å². The third-order valence-corrected chi connectivity index (χ3v) is 4.20. The van der Waals surface area contributed by atoms with Gasteiger partial charge in [-0.15, -0.1) is 0 Å². The first-order valence-corrected chi connectivity index (χ1v) is 7.89. The molecule has 1 atom stereocenters.